The summed E-state index contributed by atoms with van der Waals surface area (Å²) in [5, 5.41) is -0.270. The van der Waals surface area contributed by atoms with Gasteiger partial charge in [0, 0.05) is 31.5 Å². The summed E-state index contributed by atoms with van der Waals surface area (Å²) in [6, 6.07) is 0.203. The van der Waals surface area contributed by atoms with E-state index in [4.69, 9.17) is 0 Å². The van der Waals surface area contributed by atoms with E-state index in [-0.39, 0.29) is 11.3 Å². The van der Waals surface area contributed by atoms with Crippen LogP contribution in [-0.4, -0.2) is 47.7 Å². The van der Waals surface area contributed by atoms with Crippen molar-refractivity contribution in [3.63, 3.8) is 0 Å². The lowest BCUT2D eigenvalue weighted by Crippen LogP contribution is -2.37. The molecule has 2 aliphatic rings. The van der Waals surface area contributed by atoms with E-state index in [1.54, 1.807) is 12.4 Å². The summed E-state index contributed by atoms with van der Waals surface area (Å²) >= 11 is 0. The minimum absolute atomic E-state index is 0.203. The van der Waals surface area contributed by atoms with Gasteiger partial charge in [-0.1, -0.05) is 0 Å². The van der Waals surface area contributed by atoms with Crippen molar-refractivity contribution in [3.8, 4) is 0 Å². The smallest absolute Gasteiger partial charge is 0.216 e. The normalized spacial score (nSPS) is 25.7. The van der Waals surface area contributed by atoms with Gasteiger partial charge < -0.3 is 4.98 Å². The molecule has 2 heterocycles. The lowest BCUT2D eigenvalue weighted by atomic mass is 10.4. The Morgan fingerprint density at radius 2 is 2.28 bits per heavy atom. The van der Waals surface area contributed by atoms with Crippen molar-refractivity contribution in [1.29, 1.82) is 0 Å². The fraction of sp³-hybridized carbons (Fsp3) is 0.727. The number of sulfonamides is 1. The molecule has 1 saturated heterocycles. The number of H-pyrrole nitrogens is 1. The average molecular weight is 270 g/mol. The van der Waals surface area contributed by atoms with Crippen LogP contribution in [0.2, 0.25) is 0 Å². The molecular formula is C11H18N4O2S. The number of hydrogen-bond acceptors (Lipinski definition) is 4. The topological polar surface area (TPSA) is 78.1 Å². The number of aromatic amines is 1. The lowest BCUT2D eigenvalue weighted by Gasteiger charge is -2.15. The maximum Gasteiger partial charge on any atom is 0.216 e. The number of hydrogen-bond donors (Lipinski definition) is 2. The zero-order chi connectivity index (χ0) is 12.6. The van der Waals surface area contributed by atoms with E-state index in [0.29, 0.717) is 19.5 Å². The first-order chi connectivity index (χ1) is 8.63. The second kappa shape index (κ2) is 4.64. The molecule has 0 radical (unpaired) electrons. The number of imidazole rings is 1. The maximum atomic E-state index is 12.1. The highest BCUT2D eigenvalue weighted by Gasteiger charge is 2.36. The quantitative estimate of drug-likeness (QED) is 0.793. The van der Waals surface area contributed by atoms with E-state index in [0.717, 1.165) is 25.2 Å². The molecule has 1 aliphatic carbocycles. The Morgan fingerprint density at radius 1 is 1.44 bits per heavy atom. The fourth-order valence-corrected chi connectivity index (χ4v) is 4.04. The first-order valence-corrected chi connectivity index (χ1v) is 7.90. The molecule has 6 nitrogen and oxygen atoms in total. The predicted octanol–water partition coefficient (Wildman–Crippen LogP) is 0.0658. The van der Waals surface area contributed by atoms with Gasteiger partial charge in [0.1, 0.15) is 5.82 Å². The second-order valence-electron chi connectivity index (χ2n) is 5.12. The van der Waals surface area contributed by atoms with Gasteiger partial charge in [-0.15, -0.1) is 0 Å². The number of nitrogens with zero attached hydrogens (tertiary/aromatic N) is 2. The molecule has 0 spiro atoms. The molecule has 7 heteroatoms. The molecule has 18 heavy (non-hydrogen) atoms. The van der Waals surface area contributed by atoms with Crippen LogP contribution in [0.3, 0.4) is 0 Å². The Balaban J connectivity index is 1.57. The molecule has 1 saturated carbocycles. The molecule has 1 aromatic heterocycles. The van der Waals surface area contributed by atoms with E-state index in [1.807, 2.05) is 0 Å². The van der Waals surface area contributed by atoms with Gasteiger partial charge in [0.25, 0.3) is 0 Å². The monoisotopic (exact) mass is 270 g/mol. The highest BCUT2D eigenvalue weighted by Crippen LogP contribution is 2.24. The van der Waals surface area contributed by atoms with Gasteiger partial charge in [-0.2, -0.15) is 0 Å². The summed E-state index contributed by atoms with van der Waals surface area (Å²) < 4.78 is 26.9. The van der Waals surface area contributed by atoms with Gasteiger partial charge in [-0.25, -0.2) is 18.1 Å². The summed E-state index contributed by atoms with van der Waals surface area (Å²) in [6.45, 7) is 2.11. The van der Waals surface area contributed by atoms with Crippen LogP contribution in [0.5, 0.6) is 0 Å². The predicted molar refractivity (Wildman–Crippen MR) is 67.3 cm³/mol. The van der Waals surface area contributed by atoms with Gasteiger partial charge in [0.2, 0.25) is 10.0 Å². The molecule has 2 fully saturated rings. The molecule has 2 N–H and O–H groups in total. The molecule has 3 rings (SSSR count). The molecule has 1 unspecified atom stereocenters. The SMILES string of the molecule is O=S(=O)(NC1CC1)C1CCN(Cc2ncc[nH]2)C1. The Kier molecular flexibility index (Phi) is 3.13. The van der Waals surface area contributed by atoms with Crippen LogP contribution in [0, 0.1) is 0 Å². The van der Waals surface area contributed by atoms with E-state index in [9.17, 15) is 8.42 Å². The third-order valence-corrected chi connectivity index (χ3v) is 5.43. The van der Waals surface area contributed by atoms with Crippen LogP contribution in [0.4, 0.5) is 0 Å². The van der Waals surface area contributed by atoms with Gasteiger partial charge in [0.15, 0.2) is 0 Å². The fourth-order valence-electron chi connectivity index (χ4n) is 2.32. The molecule has 0 aromatic carbocycles. The standard InChI is InChI=1S/C11H18N4O2S/c16-18(17,14-9-1-2-9)10-3-6-15(7-10)8-11-12-4-5-13-11/h4-5,9-10,14H,1-3,6-8H2,(H,12,13). The van der Waals surface area contributed by atoms with E-state index in [2.05, 4.69) is 19.6 Å². The van der Waals surface area contributed by atoms with Crippen LogP contribution in [0.1, 0.15) is 25.1 Å². The van der Waals surface area contributed by atoms with Crippen molar-refractivity contribution in [1.82, 2.24) is 19.6 Å². The lowest BCUT2D eigenvalue weighted by molar-refractivity contribution is 0.323. The highest BCUT2D eigenvalue weighted by atomic mass is 32.2. The summed E-state index contributed by atoms with van der Waals surface area (Å²) in [6.07, 6.45) is 6.19. The maximum absolute atomic E-state index is 12.1. The van der Waals surface area contributed by atoms with Crippen LogP contribution < -0.4 is 4.72 Å². The van der Waals surface area contributed by atoms with Crippen molar-refractivity contribution in [2.45, 2.75) is 37.1 Å². The summed E-state index contributed by atoms with van der Waals surface area (Å²) in [4.78, 5) is 9.34. The van der Waals surface area contributed by atoms with E-state index < -0.39 is 10.0 Å². The van der Waals surface area contributed by atoms with Crippen LogP contribution in [0.25, 0.3) is 0 Å². The Labute approximate surface area is 107 Å². The van der Waals surface area contributed by atoms with Crippen molar-refractivity contribution in [2.24, 2.45) is 0 Å². The van der Waals surface area contributed by atoms with Crippen molar-refractivity contribution in [3.05, 3.63) is 18.2 Å². The minimum Gasteiger partial charge on any atom is -0.348 e. The van der Waals surface area contributed by atoms with E-state index in [1.165, 1.54) is 0 Å². The molecule has 1 atom stereocenters. The summed E-state index contributed by atoms with van der Waals surface area (Å²) in [5.74, 6) is 0.892. The second-order valence-corrected chi connectivity index (χ2v) is 7.11. The Morgan fingerprint density at radius 3 is 2.94 bits per heavy atom. The summed E-state index contributed by atoms with van der Waals surface area (Å²) in [5.41, 5.74) is 0. The zero-order valence-electron chi connectivity index (χ0n) is 10.2. The van der Waals surface area contributed by atoms with Gasteiger partial charge >= 0.3 is 0 Å². The van der Waals surface area contributed by atoms with Crippen molar-refractivity contribution in [2.75, 3.05) is 13.1 Å². The third-order valence-electron chi connectivity index (χ3n) is 3.50. The van der Waals surface area contributed by atoms with Crippen LogP contribution >= 0.6 is 0 Å². The third kappa shape index (κ3) is 2.73. The highest BCUT2D eigenvalue weighted by molar-refractivity contribution is 7.90. The summed E-state index contributed by atoms with van der Waals surface area (Å²) in [7, 11) is -3.13. The van der Waals surface area contributed by atoms with Gasteiger partial charge in [0.05, 0.1) is 11.8 Å². The number of nitrogens with one attached hydrogen (secondary N) is 2. The largest absolute Gasteiger partial charge is 0.348 e. The molecule has 0 amide bonds. The van der Waals surface area contributed by atoms with Gasteiger partial charge in [-0.05, 0) is 19.3 Å². The number of aromatic nitrogens is 2. The van der Waals surface area contributed by atoms with E-state index >= 15 is 0 Å². The molecule has 0 bridgehead atoms. The minimum atomic E-state index is -3.13. The average Bonchev–Trinajstić information content (AvgIpc) is 2.84. The molecule has 100 valence electrons. The first-order valence-electron chi connectivity index (χ1n) is 6.35. The van der Waals surface area contributed by atoms with Crippen molar-refractivity contribution < 1.29 is 8.42 Å². The first kappa shape index (κ1) is 12.1. The zero-order valence-corrected chi connectivity index (χ0v) is 11.0. The van der Waals surface area contributed by atoms with Crippen molar-refractivity contribution >= 4 is 10.0 Å². The van der Waals surface area contributed by atoms with Crippen LogP contribution in [0.15, 0.2) is 12.4 Å². The number of likely N-dealkylation sites (tertiary alicyclic amines) is 1. The Bertz CT molecular complexity index is 495. The van der Waals surface area contributed by atoms with Crippen LogP contribution in [-0.2, 0) is 16.6 Å². The van der Waals surface area contributed by atoms with Gasteiger partial charge in [-0.3, -0.25) is 4.90 Å². The molecule has 1 aliphatic heterocycles. The Hall–Kier alpha value is -0.920. The molecule has 1 aromatic rings. The number of rotatable bonds is 5. The molecular weight excluding hydrogens is 252 g/mol.